The molecule has 1 aliphatic heterocycles. The molecule has 182 valence electrons. The SMILES string of the molecule is Cc1ccc(N2CCCN(Cc3ccccc3C)C2=O)c(NC(=O)c2ccc(C(F)(F)F)cc2)c1. The summed E-state index contributed by atoms with van der Waals surface area (Å²) >= 11 is 0. The quantitative estimate of drug-likeness (QED) is 0.458. The molecule has 1 N–H and O–H groups in total. The zero-order valence-electron chi connectivity index (χ0n) is 19.5. The Morgan fingerprint density at radius 1 is 0.971 bits per heavy atom. The second-order valence-corrected chi connectivity index (χ2v) is 8.69. The van der Waals surface area contributed by atoms with Gasteiger partial charge in [0.05, 0.1) is 16.9 Å². The summed E-state index contributed by atoms with van der Waals surface area (Å²) in [6, 6.07) is 17.2. The van der Waals surface area contributed by atoms with E-state index in [1.54, 1.807) is 21.9 Å². The van der Waals surface area contributed by atoms with Gasteiger partial charge in [-0.3, -0.25) is 9.69 Å². The maximum absolute atomic E-state index is 13.4. The molecule has 4 rings (SSSR count). The van der Waals surface area contributed by atoms with Gasteiger partial charge in [-0.25, -0.2) is 4.79 Å². The van der Waals surface area contributed by atoms with Gasteiger partial charge < -0.3 is 10.2 Å². The number of carbonyl (C=O) groups is 2. The van der Waals surface area contributed by atoms with Crippen LogP contribution in [0.5, 0.6) is 0 Å². The van der Waals surface area contributed by atoms with Crippen LogP contribution in [0.4, 0.5) is 29.3 Å². The van der Waals surface area contributed by atoms with Crippen molar-refractivity contribution in [1.82, 2.24) is 4.90 Å². The number of alkyl halides is 3. The Morgan fingerprint density at radius 3 is 2.37 bits per heavy atom. The second-order valence-electron chi connectivity index (χ2n) is 8.69. The molecule has 3 amide bonds. The predicted octanol–water partition coefficient (Wildman–Crippen LogP) is 6.41. The average molecular weight is 482 g/mol. The van der Waals surface area contributed by atoms with E-state index in [9.17, 15) is 22.8 Å². The van der Waals surface area contributed by atoms with Gasteiger partial charge in [-0.15, -0.1) is 0 Å². The van der Waals surface area contributed by atoms with Crippen molar-refractivity contribution in [3.8, 4) is 0 Å². The molecule has 5 nitrogen and oxygen atoms in total. The molecular weight excluding hydrogens is 455 g/mol. The van der Waals surface area contributed by atoms with Crippen LogP contribution in [0.15, 0.2) is 66.7 Å². The van der Waals surface area contributed by atoms with Crippen LogP contribution >= 0.6 is 0 Å². The zero-order valence-corrected chi connectivity index (χ0v) is 19.5. The Morgan fingerprint density at radius 2 is 1.69 bits per heavy atom. The lowest BCUT2D eigenvalue weighted by Crippen LogP contribution is -2.49. The Labute approximate surface area is 202 Å². The number of nitrogens with zero attached hydrogens (tertiary/aromatic N) is 2. The fourth-order valence-electron chi connectivity index (χ4n) is 4.14. The van der Waals surface area contributed by atoms with Crippen LogP contribution in [0.2, 0.25) is 0 Å². The van der Waals surface area contributed by atoms with E-state index < -0.39 is 17.6 Å². The molecular formula is C27H26F3N3O2. The number of urea groups is 1. The number of hydrogen-bond donors (Lipinski definition) is 1. The van der Waals surface area contributed by atoms with Crippen molar-refractivity contribution in [2.75, 3.05) is 23.3 Å². The van der Waals surface area contributed by atoms with Gasteiger partial charge in [0.1, 0.15) is 0 Å². The predicted molar refractivity (Wildman–Crippen MR) is 130 cm³/mol. The number of benzene rings is 3. The summed E-state index contributed by atoms with van der Waals surface area (Å²) in [5.74, 6) is -0.549. The fraction of sp³-hybridized carbons (Fsp3) is 0.259. The van der Waals surface area contributed by atoms with Crippen LogP contribution in [0.3, 0.4) is 0 Å². The third-order valence-electron chi connectivity index (χ3n) is 6.10. The molecule has 1 fully saturated rings. The number of carbonyl (C=O) groups excluding carboxylic acids is 2. The molecule has 0 radical (unpaired) electrons. The summed E-state index contributed by atoms with van der Waals surface area (Å²) in [6.07, 6.45) is -3.71. The van der Waals surface area contributed by atoms with E-state index in [0.29, 0.717) is 31.0 Å². The number of anilines is 2. The first kappa shape index (κ1) is 24.3. The van der Waals surface area contributed by atoms with Gasteiger partial charge in [0, 0.05) is 25.2 Å². The van der Waals surface area contributed by atoms with Crippen LogP contribution in [-0.4, -0.2) is 29.9 Å². The van der Waals surface area contributed by atoms with Crippen LogP contribution < -0.4 is 10.2 Å². The van der Waals surface area contributed by atoms with Gasteiger partial charge in [0.25, 0.3) is 5.91 Å². The fourth-order valence-corrected chi connectivity index (χ4v) is 4.14. The minimum absolute atomic E-state index is 0.0941. The van der Waals surface area contributed by atoms with E-state index in [-0.39, 0.29) is 11.6 Å². The van der Waals surface area contributed by atoms with E-state index in [2.05, 4.69) is 5.32 Å². The zero-order chi connectivity index (χ0) is 25.2. The number of rotatable bonds is 5. The second kappa shape index (κ2) is 9.82. The third-order valence-corrected chi connectivity index (χ3v) is 6.10. The van der Waals surface area contributed by atoms with Crippen molar-refractivity contribution < 1.29 is 22.8 Å². The minimum Gasteiger partial charge on any atom is -0.320 e. The molecule has 35 heavy (non-hydrogen) atoms. The van der Waals surface area contributed by atoms with E-state index in [0.717, 1.165) is 47.4 Å². The minimum atomic E-state index is -4.47. The highest BCUT2D eigenvalue weighted by Crippen LogP contribution is 2.32. The Hall–Kier alpha value is -3.81. The van der Waals surface area contributed by atoms with Gasteiger partial charge in [-0.05, 0) is 73.4 Å². The highest BCUT2D eigenvalue weighted by Gasteiger charge is 2.31. The molecule has 1 heterocycles. The highest BCUT2D eigenvalue weighted by atomic mass is 19.4. The lowest BCUT2D eigenvalue weighted by atomic mass is 10.1. The van der Waals surface area contributed by atoms with Gasteiger partial charge in [0.15, 0.2) is 0 Å². The molecule has 0 spiro atoms. The molecule has 0 aromatic heterocycles. The maximum atomic E-state index is 13.4. The average Bonchev–Trinajstić information content (AvgIpc) is 2.82. The third kappa shape index (κ3) is 5.48. The summed E-state index contributed by atoms with van der Waals surface area (Å²) in [5.41, 5.74) is 3.31. The van der Waals surface area contributed by atoms with Gasteiger partial charge >= 0.3 is 12.2 Å². The van der Waals surface area contributed by atoms with Crippen molar-refractivity contribution in [2.45, 2.75) is 33.0 Å². The monoisotopic (exact) mass is 481 g/mol. The first-order valence-electron chi connectivity index (χ1n) is 11.3. The molecule has 8 heteroatoms. The number of hydrogen-bond acceptors (Lipinski definition) is 2. The van der Waals surface area contributed by atoms with E-state index >= 15 is 0 Å². The normalized spacial score (nSPS) is 14.3. The van der Waals surface area contributed by atoms with Crippen molar-refractivity contribution in [2.24, 2.45) is 0 Å². The Balaban J connectivity index is 1.56. The Kier molecular flexibility index (Phi) is 6.82. The number of halogens is 3. The van der Waals surface area contributed by atoms with E-state index in [4.69, 9.17) is 0 Å². The highest BCUT2D eigenvalue weighted by molar-refractivity contribution is 6.07. The van der Waals surface area contributed by atoms with Crippen LogP contribution in [0.25, 0.3) is 0 Å². The molecule has 0 atom stereocenters. The summed E-state index contributed by atoms with van der Waals surface area (Å²) in [6.45, 7) is 5.48. The molecule has 0 bridgehead atoms. The summed E-state index contributed by atoms with van der Waals surface area (Å²) < 4.78 is 38.6. The van der Waals surface area contributed by atoms with Gasteiger partial charge in [-0.2, -0.15) is 13.2 Å². The molecule has 3 aromatic carbocycles. The van der Waals surface area contributed by atoms with Crippen LogP contribution in [-0.2, 0) is 12.7 Å². The summed E-state index contributed by atoms with van der Waals surface area (Å²) in [4.78, 5) is 29.7. The van der Waals surface area contributed by atoms with Crippen molar-refractivity contribution in [1.29, 1.82) is 0 Å². The molecule has 1 aliphatic rings. The van der Waals surface area contributed by atoms with Crippen molar-refractivity contribution in [3.63, 3.8) is 0 Å². The van der Waals surface area contributed by atoms with Crippen molar-refractivity contribution in [3.05, 3.63) is 94.5 Å². The Bertz CT molecular complexity index is 1240. The van der Waals surface area contributed by atoms with Crippen molar-refractivity contribution >= 4 is 23.3 Å². The number of nitrogens with one attached hydrogen (secondary N) is 1. The van der Waals surface area contributed by atoms with Gasteiger partial charge in [-0.1, -0.05) is 30.3 Å². The number of amides is 3. The number of aryl methyl sites for hydroxylation is 2. The molecule has 0 aliphatic carbocycles. The first-order valence-corrected chi connectivity index (χ1v) is 11.3. The van der Waals surface area contributed by atoms with Crippen LogP contribution in [0, 0.1) is 13.8 Å². The molecule has 3 aromatic rings. The van der Waals surface area contributed by atoms with Crippen LogP contribution in [0.1, 0.15) is 39.0 Å². The molecule has 1 saturated heterocycles. The largest absolute Gasteiger partial charge is 0.416 e. The van der Waals surface area contributed by atoms with E-state index in [1.165, 1.54) is 0 Å². The maximum Gasteiger partial charge on any atom is 0.416 e. The molecule has 0 unspecified atom stereocenters. The lowest BCUT2D eigenvalue weighted by molar-refractivity contribution is -0.137. The van der Waals surface area contributed by atoms with Gasteiger partial charge in [0.2, 0.25) is 0 Å². The standard InChI is InChI=1S/C27H26F3N3O2/c1-18-8-13-24(23(16-18)31-25(34)20-9-11-22(12-10-20)27(28,29)30)33-15-5-14-32(26(33)35)17-21-7-4-3-6-19(21)2/h3-4,6-13,16H,5,14-15,17H2,1-2H3,(H,31,34). The molecule has 0 saturated carbocycles. The lowest BCUT2D eigenvalue weighted by Gasteiger charge is -2.36. The summed E-state index contributed by atoms with van der Waals surface area (Å²) in [7, 11) is 0. The smallest absolute Gasteiger partial charge is 0.320 e. The van der Waals surface area contributed by atoms with E-state index in [1.807, 2.05) is 44.2 Å². The topological polar surface area (TPSA) is 52.6 Å². The first-order chi connectivity index (χ1) is 16.6. The summed E-state index contributed by atoms with van der Waals surface area (Å²) in [5, 5.41) is 2.78.